The molecule has 0 spiro atoms. The van der Waals surface area contributed by atoms with Crippen molar-refractivity contribution in [2.75, 3.05) is 0 Å². The molecule has 0 aliphatic heterocycles. The first-order valence-corrected chi connectivity index (χ1v) is 13.0. The van der Waals surface area contributed by atoms with E-state index in [1.54, 1.807) is 0 Å². The van der Waals surface area contributed by atoms with Gasteiger partial charge in [0.15, 0.2) is 0 Å². The van der Waals surface area contributed by atoms with Gasteiger partial charge in [-0.25, -0.2) is 0 Å². The Morgan fingerprint density at radius 1 is 0.541 bits per heavy atom. The van der Waals surface area contributed by atoms with Gasteiger partial charge in [0.2, 0.25) is 11.2 Å². The molecule has 0 radical (unpaired) electrons. The standard InChI is InChI=1S/C34H30N3/c1-34(2,3)33-32-29(25-19-11-13-21-27(25)37(32)24-17-9-6-10-18-24)31-30(35(33)4)26-20-12-14-22-28(26)36(31)23-15-7-5-8-16-23/h5-22H,1-4H3/q+1. The number of aryl methyl sites for hydroxylation is 1. The van der Waals surface area contributed by atoms with E-state index in [9.17, 15) is 0 Å². The van der Waals surface area contributed by atoms with Crippen LogP contribution in [0, 0.1) is 0 Å². The van der Waals surface area contributed by atoms with Crippen LogP contribution in [-0.2, 0) is 12.5 Å². The quantitative estimate of drug-likeness (QED) is 0.223. The van der Waals surface area contributed by atoms with Gasteiger partial charge in [-0.2, -0.15) is 4.57 Å². The van der Waals surface area contributed by atoms with Crippen LogP contribution in [0.15, 0.2) is 109 Å². The minimum Gasteiger partial charge on any atom is -0.304 e. The lowest BCUT2D eigenvalue weighted by Gasteiger charge is -2.20. The monoisotopic (exact) mass is 480 g/mol. The van der Waals surface area contributed by atoms with Crippen LogP contribution in [0.3, 0.4) is 0 Å². The van der Waals surface area contributed by atoms with Crippen molar-refractivity contribution in [2.45, 2.75) is 26.2 Å². The lowest BCUT2D eigenvalue weighted by Crippen LogP contribution is -2.41. The van der Waals surface area contributed by atoms with Gasteiger partial charge in [-0.05, 0) is 42.5 Å². The van der Waals surface area contributed by atoms with E-state index in [0.717, 1.165) is 0 Å². The second-order valence-corrected chi connectivity index (χ2v) is 11.0. The Morgan fingerprint density at radius 3 is 1.57 bits per heavy atom. The van der Waals surface area contributed by atoms with E-state index in [4.69, 9.17) is 0 Å². The molecule has 0 aliphatic rings. The summed E-state index contributed by atoms with van der Waals surface area (Å²) in [6, 6.07) is 39.3. The highest BCUT2D eigenvalue weighted by Gasteiger charge is 2.36. The number of rotatable bonds is 2. The van der Waals surface area contributed by atoms with Crippen LogP contribution in [0.1, 0.15) is 26.5 Å². The van der Waals surface area contributed by atoms with E-state index in [1.807, 2.05) is 0 Å². The second-order valence-electron chi connectivity index (χ2n) is 11.0. The van der Waals surface area contributed by atoms with Crippen LogP contribution in [-0.4, -0.2) is 9.13 Å². The third-order valence-electron chi connectivity index (χ3n) is 7.59. The van der Waals surface area contributed by atoms with Gasteiger partial charge < -0.3 is 9.13 Å². The molecule has 7 rings (SSSR count). The third-order valence-corrected chi connectivity index (χ3v) is 7.59. The lowest BCUT2D eigenvalue weighted by atomic mass is 9.89. The molecule has 3 heteroatoms. The predicted octanol–water partition coefficient (Wildman–Crippen LogP) is 8.00. The SMILES string of the molecule is C[n+]1c(C(C)(C)C)c2c(c3ccccc3n2-c2ccccc2)c2c1c1ccccc1n2-c1ccccc1. The molecular formula is C34H30N3+. The Balaban J connectivity index is 1.87. The van der Waals surface area contributed by atoms with Crippen molar-refractivity contribution < 1.29 is 4.57 Å². The maximum absolute atomic E-state index is 2.47. The smallest absolute Gasteiger partial charge is 0.239 e. The third kappa shape index (κ3) is 3.04. The number of benzene rings is 4. The molecular weight excluding hydrogens is 450 g/mol. The van der Waals surface area contributed by atoms with E-state index in [0.29, 0.717) is 0 Å². The van der Waals surface area contributed by atoms with E-state index >= 15 is 0 Å². The van der Waals surface area contributed by atoms with Gasteiger partial charge in [0.1, 0.15) is 18.1 Å². The van der Waals surface area contributed by atoms with E-state index in [1.165, 1.54) is 60.8 Å². The van der Waals surface area contributed by atoms with Gasteiger partial charge in [0.25, 0.3) is 0 Å². The van der Waals surface area contributed by atoms with E-state index < -0.39 is 0 Å². The summed E-state index contributed by atoms with van der Waals surface area (Å²) in [5, 5.41) is 3.85. The average molecular weight is 481 g/mol. The number of fused-ring (bicyclic) bond motifs is 7. The molecule has 0 atom stereocenters. The first kappa shape index (κ1) is 21.9. The highest BCUT2D eigenvalue weighted by molar-refractivity contribution is 6.24. The minimum absolute atomic E-state index is 0.0853. The summed E-state index contributed by atoms with van der Waals surface area (Å²) in [5.74, 6) is 0. The molecule has 0 fully saturated rings. The maximum Gasteiger partial charge on any atom is 0.239 e. The fraction of sp³-hybridized carbons (Fsp3) is 0.147. The van der Waals surface area contributed by atoms with E-state index in [-0.39, 0.29) is 5.41 Å². The minimum atomic E-state index is -0.0853. The second kappa shape index (κ2) is 7.81. The van der Waals surface area contributed by atoms with Gasteiger partial charge >= 0.3 is 0 Å². The Morgan fingerprint density at radius 2 is 1.00 bits per heavy atom. The number of pyridine rings is 1. The largest absolute Gasteiger partial charge is 0.304 e. The maximum atomic E-state index is 2.47. The summed E-state index contributed by atoms with van der Waals surface area (Å²) in [6.45, 7) is 6.99. The zero-order valence-corrected chi connectivity index (χ0v) is 21.7. The van der Waals surface area contributed by atoms with Gasteiger partial charge in [-0.1, -0.05) is 87.5 Å². The molecule has 4 aromatic carbocycles. The van der Waals surface area contributed by atoms with Crippen molar-refractivity contribution in [3.63, 3.8) is 0 Å². The fourth-order valence-electron chi connectivity index (χ4n) is 6.32. The number of para-hydroxylation sites is 4. The van der Waals surface area contributed by atoms with Crippen molar-refractivity contribution in [1.29, 1.82) is 0 Å². The molecule has 0 saturated heterocycles. The summed E-state index contributed by atoms with van der Waals surface area (Å²) in [5.41, 5.74) is 9.85. The zero-order valence-electron chi connectivity index (χ0n) is 21.7. The molecule has 3 heterocycles. The van der Waals surface area contributed by atoms with Crippen LogP contribution < -0.4 is 4.57 Å². The number of hydrogen-bond acceptors (Lipinski definition) is 0. The fourth-order valence-corrected chi connectivity index (χ4v) is 6.32. The van der Waals surface area contributed by atoms with Crippen LogP contribution >= 0.6 is 0 Å². The lowest BCUT2D eigenvalue weighted by molar-refractivity contribution is -0.654. The molecule has 0 amide bonds. The topological polar surface area (TPSA) is 13.7 Å². The summed E-state index contributed by atoms with van der Waals surface area (Å²) >= 11 is 0. The van der Waals surface area contributed by atoms with Gasteiger partial charge in [-0.15, -0.1) is 0 Å². The number of nitrogens with zero attached hydrogens (tertiary/aromatic N) is 3. The molecule has 0 aliphatic carbocycles. The molecule has 3 aromatic heterocycles. The molecule has 180 valence electrons. The summed E-state index contributed by atoms with van der Waals surface area (Å²) < 4.78 is 7.39. The number of aromatic nitrogens is 3. The summed E-state index contributed by atoms with van der Waals surface area (Å²) in [6.07, 6.45) is 0. The zero-order chi connectivity index (χ0) is 25.3. The molecule has 0 unspecified atom stereocenters. The first-order valence-electron chi connectivity index (χ1n) is 13.0. The predicted molar refractivity (Wildman–Crippen MR) is 155 cm³/mol. The Kier molecular flexibility index (Phi) is 4.62. The molecule has 0 N–H and O–H groups in total. The first-order chi connectivity index (χ1) is 18.0. The molecule has 0 bridgehead atoms. The van der Waals surface area contributed by atoms with Crippen LogP contribution in [0.4, 0.5) is 0 Å². The van der Waals surface area contributed by atoms with Gasteiger partial charge in [0.05, 0.1) is 16.4 Å². The van der Waals surface area contributed by atoms with Crippen LogP contribution in [0.5, 0.6) is 0 Å². The van der Waals surface area contributed by atoms with Crippen molar-refractivity contribution in [2.24, 2.45) is 7.05 Å². The Bertz CT molecular complexity index is 1950. The number of hydrogen-bond donors (Lipinski definition) is 0. The van der Waals surface area contributed by atoms with Crippen molar-refractivity contribution in [1.82, 2.24) is 9.13 Å². The highest BCUT2D eigenvalue weighted by atomic mass is 15.1. The van der Waals surface area contributed by atoms with Crippen LogP contribution in [0.2, 0.25) is 0 Å². The normalized spacial score (nSPS) is 12.3. The molecule has 7 aromatic rings. The highest BCUT2D eigenvalue weighted by Crippen LogP contribution is 2.43. The van der Waals surface area contributed by atoms with Crippen molar-refractivity contribution in [3.8, 4) is 11.4 Å². The summed E-state index contributed by atoms with van der Waals surface area (Å²) in [7, 11) is 2.25. The molecule has 3 nitrogen and oxygen atoms in total. The van der Waals surface area contributed by atoms with Crippen molar-refractivity contribution >= 4 is 43.7 Å². The Labute approximate surface area is 216 Å². The Hall–Kier alpha value is -4.37. The van der Waals surface area contributed by atoms with E-state index in [2.05, 4.69) is 151 Å². The molecule has 37 heavy (non-hydrogen) atoms. The van der Waals surface area contributed by atoms with Gasteiger partial charge in [-0.3, -0.25) is 0 Å². The van der Waals surface area contributed by atoms with Crippen LogP contribution in [0.25, 0.3) is 55.1 Å². The average Bonchev–Trinajstić information content (AvgIpc) is 3.42. The van der Waals surface area contributed by atoms with Crippen molar-refractivity contribution in [3.05, 3.63) is 115 Å². The summed E-state index contributed by atoms with van der Waals surface area (Å²) in [4.78, 5) is 0. The van der Waals surface area contributed by atoms with Gasteiger partial charge in [0, 0.05) is 27.6 Å². The molecule has 0 saturated carbocycles.